The second-order valence-electron chi connectivity index (χ2n) is 5.35. The Balaban J connectivity index is 1.61. The lowest BCUT2D eigenvalue weighted by Gasteiger charge is -2.11. The van der Waals surface area contributed by atoms with Gasteiger partial charge < -0.3 is 15.4 Å². The van der Waals surface area contributed by atoms with E-state index >= 15 is 0 Å². The summed E-state index contributed by atoms with van der Waals surface area (Å²) in [5.74, 6) is -1.72. The first-order valence-electron chi connectivity index (χ1n) is 7.56. The molecule has 6 nitrogen and oxygen atoms in total. The number of amides is 1. The Morgan fingerprint density at radius 1 is 1.25 bits per heavy atom. The molecular formula is C16H16F2N4O2. The van der Waals surface area contributed by atoms with Gasteiger partial charge in [-0.2, -0.15) is 0 Å². The summed E-state index contributed by atoms with van der Waals surface area (Å²) in [5, 5.41) is 5.23. The highest BCUT2D eigenvalue weighted by Gasteiger charge is 2.17. The van der Waals surface area contributed by atoms with Crippen LogP contribution in [-0.2, 0) is 4.74 Å². The Hall–Kier alpha value is -2.61. The molecule has 126 valence electrons. The molecule has 2 heterocycles. The molecule has 1 fully saturated rings. The Bertz CT molecular complexity index is 698. The van der Waals surface area contributed by atoms with Gasteiger partial charge in [-0.05, 0) is 25.0 Å². The van der Waals surface area contributed by atoms with Crippen LogP contribution in [0.4, 0.5) is 20.3 Å². The molecule has 2 N–H and O–H groups in total. The normalized spacial score (nSPS) is 16.8. The van der Waals surface area contributed by atoms with Crippen molar-refractivity contribution in [2.75, 3.05) is 18.5 Å². The van der Waals surface area contributed by atoms with Gasteiger partial charge in [0.25, 0.3) is 5.91 Å². The Labute approximate surface area is 137 Å². The van der Waals surface area contributed by atoms with E-state index in [1.807, 2.05) is 0 Å². The van der Waals surface area contributed by atoms with E-state index in [1.54, 1.807) is 0 Å². The van der Waals surface area contributed by atoms with Crippen molar-refractivity contribution in [3.8, 4) is 0 Å². The van der Waals surface area contributed by atoms with Gasteiger partial charge in [-0.25, -0.2) is 18.7 Å². The predicted octanol–water partition coefficient (Wildman–Crippen LogP) is 2.41. The van der Waals surface area contributed by atoms with Gasteiger partial charge in [-0.1, -0.05) is 6.07 Å². The van der Waals surface area contributed by atoms with E-state index in [0.717, 1.165) is 25.0 Å². The predicted molar refractivity (Wildman–Crippen MR) is 83.0 cm³/mol. The van der Waals surface area contributed by atoms with Crippen molar-refractivity contribution in [1.82, 2.24) is 15.3 Å². The molecule has 1 atom stereocenters. The quantitative estimate of drug-likeness (QED) is 0.878. The molecule has 0 spiro atoms. The molecule has 1 aromatic heterocycles. The molecule has 1 aliphatic heterocycles. The van der Waals surface area contributed by atoms with Crippen molar-refractivity contribution in [2.24, 2.45) is 0 Å². The zero-order valence-corrected chi connectivity index (χ0v) is 12.8. The largest absolute Gasteiger partial charge is 0.376 e. The van der Waals surface area contributed by atoms with E-state index < -0.39 is 11.6 Å². The highest BCUT2D eigenvalue weighted by Crippen LogP contribution is 2.21. The summed E-state index contributed by atoms with van der Waals surface area (Å²) < 4.78 is 32.5. The summed E-state index contributed by atoms with van der Waals surface area (Å²) >= 11 is 0. The van der Waals surface area contributed by atoms with Crippen molar-refractivity contribution in [2.45, 2.75) is 18.9 Å². The van der Waals surface area contributed by atoms with Gasteiger partial charge in [0.15, 0.2) is 0 Å². The second-order valence-corrected chi connectivity index (χ2v) is 5.35. The molecule has 1 saturated heterocycles. The minimum atomic E-state index is -0.741. The molecule has 0 bridgehead atoms. The topological polar surface area (TPSA) is 76.1 Å². The van der Waals surface area contributed by atoms with Crippen molar-refractivity contribution in [1.29, 1.82) is 0 Å². The first kappa shape index (κ1) is 16.3. The van der Waals surface area contributed by atoms with Crippen LogP contribution in [0, 0.1) is 11.6 Å². The number of anilines is 2. The number of halogens is 2. The Kier molecular flexibility index (Phi) is 4.95. The second kappa shape index (κ2) is 7.31. The molecule has 24 heavy (non-hydrogen) atoms. The number of ether oxygens (including phenoxy) is 1. The van der Waals surface area contributed by atoms with E-state index in [9.17, 15) is 13.6 Å². The summed E-state index contributed by atoms with van der Waals surface area (Å²) in [6, 6.07) is 3.53. The number of rotatable bonds is 5. The number of hydrogen-bond donors (Lipinski definition) is 2. The lowest BCUT2D eigenvalue weighted by Crippen LogP contribution is -2.32. The molecule has 3 rings (SSSR count). The highest BCUT2D eigenvalue weighted by molar-refractivity contribution is 5.92. The molecule has 0 saturated carbocycles. The van der Waals surface area contributed by atoms with Crippen LogP contribution in [0.1, 0.15) is 23.3 Å². The van der Waals surface area contributed by atoms with Crippen LogP contribution in [0.15, 0.2) is 30.6 Å². The number of nitrogens with zero attached hydrogens (tertiary/aromatic N) is 2. The van der Waals surface area contributed by atoms with Gasteiger partial charge in [-0.15, -0.1) is 0 Å². The van der Waals surface area contributed by atoms with Crippen LogP contribution in [0.5, 0.6) is 0 Å². The van der Waals surface area contributed by atoms with Crippen molar-refractivity contribution in [3.05, 3.63) is 47.9 Å². The smallest absolute Gasteiger partial charge is 0.271 e. The maximum absolute atomic E-state index is 13.6. The van der Waals surface area contributed by atoms with Crippen LogP contribution in [-0.4, -0.2) is 35.1 Å². The SMILES string of the molecule is O=C(NCC1CCCO1)c1cnc(Nc2c(F)cccc2F)cn1. The average Bonchev–Trinajstić information content (AvgIpc) is 3.10. The van der Waals surface area contributed by atoms with Crippen molar-refractivity contribution < 1.29 is 18.3 Å². The standard InChI is InChI=1S/C16H16F2N4O2/c17-11-4-1-5-12(18)15(11)22-14-9-19-13(8-20-14)16(23)21-7-10-3-2-6-24-10/h1,4-5,8-10H,2-3,6-7H2,(H,20,22)(H,21,23). The number of hydrogen-bond acceptors (Lipinski definition) is 5. The molecule has 1 aromatic carbocycles. The fourth-order valence-electron chi connectivity index (χ4n) is 2.36. The summed E-state index contributed by atoms with van der Waals surface area (Å²) in [5.41, 5.74) is -0.199. The van der Waals surface area contributed by atoms with E-state index in [2.05, 4.69) is 20.6 Å². The van der Waals surface area contributed by atoms with Crippen LogP contribution in [0.25, 0.3) is 0 Å². The molecule has 8 heteroatoms. The first-order valence-corrected chi connectivity index (χ1v) is 7.56. The third kappa shape index (κ3) is 3.83. The lowest BCUT2D eigenvalue weighted by atomic mass is 10.2. The average molecular weight is 334 g/mol. The van der Waals surface area contributed by atoms with Crippen molar-refractivity contribution >= 4 is 17.4 Å². The summed E-state index contributed by atoms with van der Waals surface area (Å²) in [7, 11) is 0. The Morgan fingerprint density at radius 3 is 2.67 bits per heavy atom. The number of carbonyl (C=O) groups is 1. The molecule has 1 amide bonds. The van der Waals surface area contributed by atoms with E-state index in [-0.39, 0.29) is 29.2 Å². The van der Waals surface area contributed by atoms with Crippen LogP contribution in [0.2, 0.25) is 0 Å². The van der Waals surface area contributed by atoms with Gasteiger partial charge in [-0.3, -0.25) is 4.79 Å². The number of nitrogens with one attached hydrogen (secondary N) is 2. The Morgan fingerprint density at radius 2 is 2.04 bits per heavy atom. The van der Waals surface area contributed by atoms with E-state index in [1.165, 1.54) is 18.5 Å². The van der Waals surface area contributed by atoms with Crippen LogP contribution >= 0.6 is 0 Å². The van der Waals surface area contributed by atoms with Gasteiger partial charge in [0.05, 0.1) is 18.5 Å². The minimum Gasteiger partial charge on any atom is -0.376 e. The van der Waals surface area contributed by atoms with Gasteiger partial charge in [0.2, 0.25) is 0 Å². The van der Waals surface area contributed by atoms with Gasteiger partial charge in [0, 0.05) is 13.2 Å². The maximum Gasteiger partial charge on any atom is 0.271 e. The van der Waals surface area contributed by atoms with E-state index in [4.69, 9.17) is 4.74 Å². The molecule has 0 radical (unpaired) electrons. The molecular weight excluding hydrogens is 318 g/mol. The van der Waals surface area contributed by atoms with Crippen LogP contribution < -0.4 is 10.6 Å². The fourth-order valence-corrected chi connectivity index (χ4v) is 2.36. The number of carbonyl (C=O) groups excluding carboxylic acids is 1. The number of para-hydroxylation sites is 1. The molecule has 1 unspecified atom stereocenters. The molecule has 2 aromatic rings. The zero-order chi connectivity index (χ0) is 16.9. The highest BCUT2D eigenvalue weighted by atomic mass is 19.1. The minimum absolute atomic E-state index is 0.0341. The third-order valence-corrected chi connectivity index (χ3v) is 3.61. The summed E-state index contributed by atoms with van der Waals surface area (Å²) in [4.78, 5) is 19.9. The molecule has 0 aliphatic carbocycles. The third-order valence-electron chi connectivity index (χ3n) is 3.61. The van der Waals surface area contributed by atoms with Gasteiger partial charge >= 0.3 is 0 Å². The summed E-state index contributed by atoms with van der Waals surface area (Å²) in [6.07, 6.45) is 4.43. The maximum atomic E-state index is 13.6. The summed E-state index contributed by atoms with van der Waals surface area (Å²) in [6.45, 7) is 1.13. The number of aromatic nitrogens is 2. The fraction of sp³-hybridized carbons (Fsp3) is 0.312. The zero-order valence-electron chi connectivity index (χ0n) is 12.8. The number of benzene rings is 1. The first-order chi connectivity index (χ1) is 11.6. The molecule has 1 aliphatic rings. The monoisotopic (exact) mass is 334 g/mol. The van der Waals surface area contributed by atoms with Gasteiger partial charge in [0.1, 0.15) is 28.8 Å². The van der Waals surface area contributed by atoms with E-state index in [0.29, 0.717) is 13.2 Å². The van der Waals surface area contributed by atoms with Crippen molar-refractivity contribution in [3.63, 3.8) is 0 Å². The van der Waals surface area contributed by atoms with Crippen LogP contribution in [0.3, 0.4) is 0 Å². The lowest BCUT2D eigenvalue weighted by molar-refractivity contribution is 0.0853.